The van der Waals surface area contributed by atoms with Gasteiger partial charge in [0.05, 0.1) is 17.7 Å². The number of aromatic nitrogens is 3. The molecule has 2 aliphatic heterocycles. The van der Waals surface area contributed by atoms with E-state index in [-0.39, 0.29) is 11.8 Å². The quantitative estimate of drug-likeness (QED) is 0.689. The monoisotopic (exact) mass is 389 g/mol. The molecule has 0 aromatic carbocycles. The van der Waals surface area contributed by atoms with Gasteiger partial charge in [-0.3, -0.25) is 14.6 Å². The van der Waals surface area contributed by atoms with Crippen LogP contribution >= 0.6 is 0 Å². The van der Waals surface area contributed by atoms with Gasteiger partial charge in [-0.05, 0) is 43.2 Å². The molecule has 1 unspecified atom stereocenters. The van der Waals surface area contributed by atoms with Crippen LogP contribution in [-0.2, 0) is 18.4 Å². The molecule has 148 valence electrons. The summed E-state index contributed by atoms with van der Waals surface area (Å²) >= 11 is 0. The highest BCUT2D eigenvalue weighted by Crippen LogP contribution is 2.41. The largest absolute Gasteiger partial charge is 0.336 e. The van der Waals surface area contributed by atoms with Gasteiger partial charge in [-0.15, -0.1) is 0 Å². The molecular weight excluding hydrogens is 366 g/mol. The van der Waals surface area contributed by atoms with Crippen molar-refractivity contribution >= 4 is 22.8 Å². The second-order valence-electron chi connectivity index (χ2n) is 8.09. The minimum atomic E-state index is -0.459. The summed E-state index contributed by atoms with van der Waals surface area (Å²) in [7, 11) is 1.92. The third-order valence-electron chi connectivity index (χ3n) is 6.26. The van der Waals surface area contributed by atoms with E-state index in [4.69, 9.17) is 0 Å². The third-order valence-corrected chi connectivity index (χ3v) is 6.26. The molecule has 5 rings (SSSR count). The number of pyridine rings is 2. The molecule has 29 heavy (non-hydrogen) atoms. The van der Waals surface area contributed by atoms with Crippen LogP contribution < -0.4 is 0 Å². The van der Waals surface area contributed by atoms with Gasteiger partial charge in [0.15, 0.2) is 0 Å². The van der Waals surface area contributed by atoms with Crippen LogP contribution in [0.25, 0.3) is 11.0 Å². The predicted molar refractivity (Wildman–Crippen MR) is 108 cm³/mol. The van der Waals surface area contributed by atoms with E-state index in [0.717, 1.165) is 23.1 Å². The van der Waals surface area contributed by atoms with Crippen LogP contribution in [-0.4, -0.2) is 55.8 Å². The van der Waals surface area contributed by atoms with Crippen LogP contribution in [0, 0.1) is 5.41 Å². The molecule has 1 spiro atoms. The molecule has 7 heteroatoms. The zero-order chi connectivity index (χ0) is 20.0. The van der Waals surface area contributed by atoms with Gasteiger partial charge in [-0.1, -0.05) is 6.07 Å². The Bertz CT molecular complexity index is 1090. The molecule has 0 N–H and O–H groups in total. The normalized spacial score (nSPS) is 21.6. The molecule has 0 bridgehead atoms. The van der Waals surface area contributed by atoms with Gasteiger partial charge in [0.1, 0.15) is 11.3 Å². The molecule has 3 aromatic heterocycles. The number of fused-ring (bicyclic) bond motifs is 1. The van der Waals surface area contributed by atoms with Crippen LogP contribution in [0.3, 0.4) is 0 Å². The van der Waals surface area contributed by atoms with Crippen LogP contribution in [0.15, 0.2) is 48.8 Å². The minimum absolute atomic E-state index is 0.0963. The highest BCUT2D eigenvalue weighted by atomic mass is 16.2. The molecule has 1 atom stereocenters. The lowest BCUT2D eigenvalue weighted by Crippen LogP contribution is -2.38. The summed E-state index contributed by atoms with van der Waals surface area (Å²) < 4.78 is 1.91. The first-order valence-electron chi connectivity index (χ1n) is 9.96. The number of hydrogen-bond acceptors (Lipinski definition) is 4. The van der Waals surface area contributed by atoms with Gasteiger partial charge < -0.3 is 14.4 Å². The molecule has 0 aliphatic carbocycles. The number of hydrogen-bond donors (Lipinski definition) is 0. The molecule has 2 amide bonds. The van der Waals surface area contributed by atoms with Crippen molar-refractivity contribution in [3.8, 4) is 0 Å². The van der Waals surface area contributed by atoms with E-state index >= 15 is 0 Å². The minimum Gasteiger partial charge on any atom is -0.336 e. The lowest BCUT2D eigenvalue weighted by molar-refractivity contribution is -0.135. The van der Waals surface area contributed by atoms with E-state index in [9.17, 15) is 9.59 Å². The van der Waals surface area contributed by atoms with Crippen molar-refractivity contribution in [2.45, 2.75) is 19.4 Å². The molecule has 7 nitrogen and oxygen atoms in total. The average molecular weight is 389 g/mol. The average Bonchev–Trinajstić information content (AvgIpc) is 3.43. The summed E-state index contributed by atoms with van der Waals surface area (Å²) in [5.74, 6) is 0.0465. The number of nitrogens with zero attached hydrogens (tertiary/aromatic N) is 5. The van der Waals surface area contributed by atoms with E-state index < -0.39 is 5.41 Å². The fourth-order valence-electron chi connectivity index (χ4n) is 4.57. The van der Waals surface area contributed by atoms with Crippen molar-refractivity contribution in [2.24, 2.45) is 12.5 Å². The summed E-state index contributed by atoms with van der Waals surface area (Å²) in [5.41, 5.74) is 1.67. The van der Waals surface area contributed by atoms with Crippen molar-refractivity contribution in [1.82, 2.24) is 24.3 Å². The molecular formula is C22H23N5O2. The smallest absolute Gasteiger partial charge is 0.272 e. The lowest BCUT2D eigenvalue weighted by atomic mass is 9.85. The molecule has 3 aromatic rings. The summed E-state index contributed by atoms with van der Waals surface area (Å²) in [6, 6.07) is 11.4. The van der Waals surface area contributed by atoms with Gasteiger partial charge in [0, 0.05) is 44.5 Å². The SMILES string of the molecule is Cn1ccc2ccc(C(=O)N3CCC4(CCN(Cc5ccccn5)C4=O)C3)nc21. The number of likely N-dealkylation sites (tertiary alicyclic amines) is 2. The highest BCUT2D eigenvalue weighted by Gasteiger charge is 2.51. The van der Waals surface area contributed by atoms with Crippen molar-refractivity contribution < 1.29 is 9.59 Å². The first-order valence-corrected chi connectivity index (χ1v) is 9.96. The standard InChI is InChI=1S/C22H23N5O2/c1-25-11-7-16-5-6-18(24-19(16)25)20(28)27-13-9-22(15-27)8-12-26(21(22)29)14-17-4-2-3-10-23-17/h2-7,10-11H,8-9,12-15H2,1H3. The number of carbonyl (C=O) groups excluding carboxylic acids is 2. The van der Waals surface area contributed by atoms with Crippen molar-refractivity contribution in [2.75, 3.05) is 19.6 Å². The first-order chi connectivity index (χ1) is 14.1. The van der Waals surface area contributed by atoms with E-state index in [0.29, 0.717) is 38.3 Å². The Hall–Kier alpha value is -3.22. The Kier molecular flexibility index (Phi) is 4.12. The van der Waals surface area contributed by atoms with E-state index in [1.54, 1.807) is 17.2 Å². The lowest BCUT2D eigenvalue weighted by Gasteiger charge is -2.23. The van der Waals surface area contributed by atoms with Gasteiger partial charge in [-0.2, -0.15) is 0 Å². The topological polar surface area (TPSA) is 71.3 Å². The van der Waals surface area contributed by atoms with Crippen molar-refractivity contribution in [3.63, 3.8) is 0 Å². The Morgan fingerprint density at radius 3 is 2.83 bits per heavy atom. The summed E-state index contributed by atoms with van der Waals surface area (Å²) in [4.78, 5) is 38.8. The zero-order valence-electron chi connectivity index (χ0n) is 16.4. The van der Waals surface area contributed by atoms with E-state index in [1.807, 2.05) is 53.0 Å². The second-order valence-corrected chi connectivity index (χ2v) is 8.09. The van der Waals surface area contributed by atoms with E-state index in [1.165, 1.54) is 0 Å². The number of aryl methyl sites for hydroxylation is 1. The Morgan fingerprint density at radius 2 is 2.00 bits per heavy atom. The van der Waals surface area contributed by atoms with E-state index in [2.05, 4.69) is 9.97 Å². The van der Waals surface area contributed by atoms with Gasteiger partial charge >= 0.3 is 0 Å². The highest BCUT2D eigenvalue weighted by molar-refractivity contribution is 5.96. The van der Waals surface area contributed by atoms with Crippen LogP contribution in [0.4, 0.5) is 0 Å². The number of carbonyl (C=O) groups is 2. The maximum atomic E-state index is 13.2. The Balaban J connectivity index is 1.31. The zero-order valence-corrected chi connectivity index (χ0v) is 16.4. The fraction of sp³-hybridized carbons (Fsp3) is 0.364. The fourth-order valence-corrected chi connectivity index (χ4v) is 4.57. The number of amides is 2. The summed E-state index contributed by atoms with van der Waals surface area (Å²) in [5, 5.41) is 1.01. The second kappa shape index (κ2) is 6.69. The molecule has 0 saturated carbocycles. The van der Waals surface area contributed by atoms with Gasteiger partial charge in [-0.25, -0.2) is 4.98 Å². The van der Waals surface area contributed by atoms with Gasteiger partial charge in [0.25, 0.3) is 5.91 Å². The third kappa shape index (κ3) is 2.97. The Labute approximate surface area is 169 Å². The molecule has 2 saturated heterocycles. The predicted octanol–water partition coefficient (Wildman–Crippen LogP) is 2.23. The first kappa shape index (κ1) is 17.8. The van der Waals surface area contributed by atoms with Crippen LogP contribution in [0.1, 0.15) is 29.0 Å². The molecule has 5 heterocycles. The van der Waals surface area contributed by atoms with Crippen molar-refractivity contribution in [3.05, 3.63) is 60.2 Å². The van der Waals surface area contributed by atoms with Crippen LogP contribution in [0.2, 0.25) is 0 Å². The molecule has 2 fully saturated rings. The van der Waals surface area contributed by atoms with Crippen LogP contribution in [0.5, 0.6) is 0 Å². The summed E-state index contributed by atoms with van der Waals surface area (Å²) in [6.45, 7) is 2.30. The summed E-state index contributed by atoms with van der Waals surface area (Å²) in [6.07, 6.45) is 5.18. The maximum absolute atomic E-state index is 13.2. The molecule has 2 aliphatic rings. The molecule has 0 radical (unpaired) electrons. The van der Waals surface area contributed by atoms with Gasteiger partial charge in [0.2, 0.25) is 5.91 Å². The Morgan fingerprint density at radius 1 is 1.14 bits per heavy atom. The van der Waals surface area contributed by atoms with Crippen molar-refractivity contribution in [1.29, 1.82) is 0 Å². The maximum Gasteiger partial charge on any atom is 0.272 e. The number of rotatable bonds is 3.